The fourth-order valence-electron chi connectivity index (χ4n) is 1.94. The summed E-state index contributed by atoms with van der Waals surface area (Å²) in [6, 6.07) is 5.50. The van der Waals surface area contributed by atoms with Gasteiger partial charge in [0.15, 0.2) is 0 Å². The minimum absolute atomic E-state index is 0.214. The Kier molecular flexibility index (Phi) is 6.63. The summed E-state index contributed by atoms with van der Waals surface area (Å²) in [6.45, 7) is 6.76. The van der Waals surface area contributed by atoms with E-state index in [-0.39, 0.29) is 5.84 Å². The van der Waals surface area contributed by atoms with Crippen LogP contribution in [0.1, 0.15) is 25.8 Å². The first-order valence-corrected chi connectivity index (χ1v) is 7.13. The number of nitrogens with one attached hydrogen (secondary N) is 1. The summed E-state index contributed by atoms with van der Waals surface area (Å²) in [5.41, 5.74) is 6.44. The van der Waals surface area contributed by atoms with E-state index in [9.17, 15) is 0 Å². The fraction of sp³-hybridized carbons (Fsp3) is 0.500. The minimum atomic E-state index is 0.214. The highest BCUT2D eigenvalue weighted by Crippen LogP contribution is 2.22. The summed E-state index contributed by atoms with van der Waals surface area (Å²) in [6.07, 6.45) is 0.574. The highest BCUT2D eigenvalue weighted by Gasteiger charge is 2.11. The van der Waals surface area contributed by atoms with Crippen LogP contribution in [0.2, 0.25) is 10.0 Å². The third-order valence-electron chi connectivity index (χ3n) is 2.72. The molecule has 0 fully saturated rings. The molecule has 106 valence electrons. The second kappa shape index (κ2) is 7.73. The zero-order chi connectivity index (χ0) is 14.4. The summed E-state index contributed by atoms with van der Waals surface area (Å²) in [4.78, 5) is 2.25. The first-order valence-electron chi connectivity index (χ1n) is 6.37. The third kappa shape index (κ3) is 6.28. The Bertz CT molecular complexity index is 433. The van der Waals surface area contributed by atoms with Gasteiger partial charge in [-0.1, -0.05) is 37.0 Å². The molecule has 3 N–H and O–H groups in total. The Hall–Kier alpha value is -0.770. The van der Waals surface area contributed by atoms with Gasteiger partial charge in [0.2, 0.25) is 0 Å². The monoisotopic (exact) mass is 301 g/mol. The normalized spacial score (nSPS) is 11.3. The Morgan fingerprint density at radius 3 is 2.63 bits per heavy atom. The fourth-order valence-corrected chi connectivity index (χ4v) is 2.31. The number of hydrogen-bond acceptors (Lipinski definition) is 2. The Morgan fingerprint density at radius 1 is 1.37 bits per heavy atom. The summed E-state index contributed by atoms with van der Waals surface area (Å²) >= 11 is 12.2. The smallest absolute Gasteiger partial charge is 0.0918 e. The van der Waals surface area contributed by atoms with Crippen LogP contribution >= 0.6 is 23.2 Å². The lowest BCUT2D eigenvalue weighted by molar-refractivity contribution is 0.242. The van der Waals surface area contributed by atoms with Crippen LogP contribution in [0.25, 0.3) is 0 Å². The van der Waals surface area contributed by atoms with E-state index in [4.69, 9.17) is 34.3 Å². The van der Waals surface area contributed by atoms with E-state index in [1.54, 1.807) is 6.07 Å². The van der Waals surface area contributed by atoms with Crippen molar-refractivity contribution in [3.63, 3.8) is 0 Å². The van der Waals surface area contributed by atoms with Gasteiger partial charge in [0.1, 0.15) is 0 Å². The predicted octanol–water partition coefficient (Wildman–Crippen LogP) is 3.78. The maximum atomic E-state index is 7.33. The van der Waals surface area contributed by atoms with Gasteiger partial charge >= 0.3 is 0 Å². The first kappa shape index (κ1) is 16.3. The van der Waals surface area contributed by atoms with E-state index >= 15 is 0 Å². The first-order chi connectivity index (χ1) is 8.88. The molecule has 0 saturated carbocycles. The van der Waals surface area contributed by atoms with E-state index < -0.39 is 0 Å². The maximum absolute atomic E-state index is 7.33. The second-order valence-corrected chi connectivity index (χ2v) is 5.98. The summed E-state index contributed by atoms with van der Waals surface area (Å²) in [5.74, 6) is 0.760. The van der Waals surface area contributed by atoms with Crippen molar-refractivity contribution in [3.05, 3.63) is 33.8 Å². The molecule has 0 spiro atoms. The van der Waals surface area contributed by atoms with Crippen LogP contribution in [0.5, 0.6) is 0 Å². The quantitative estimate of drug-likeness (QED) is 0.595. The Morgan fingerprint density at radius 2 is 2.05 bits per heavy atom. The van der Waals surface area contributed by atoms with E-state index in [2.05, 4.69) is 18.7 Å². The van der Waals surface area contributed by atoms with Crippen LogP contribution in [0.3, 0.4) is 0 Å². The molecule has 0 aliphatic carbocycles. The largest absolute Gasteiger partial charge is 0.388 e. The molecule has 1 aromatic rings. The topological polar surface area (TPSA) is 53.1 Å². The molecule has 0 bridgehead atoms. The molecule has 0 saturated heterocycles. The maximum Gasteiger partial charge on any atom is 0.0918 e. The van der Waals surface area contributed by atoms with Crippen molar-refractivity contribution in [1.29, 1.82) is 5.41 Å². The van der Waals surface area contributed by atoms with E-state index in [0.717, 1.165) is 30.2 Å². The number of rotatable bonds is 7. The number of nitrogens with zero attached hydrogens (tertiary/aromatic N) is 1. The highest BCUT2D eigenvalue weighted by atomic mass is 35.5. The van der Waals surface area contributed by atoms with Gasteiger partial charge in [-0.2, -0.15) is 0 Å². The van der Waals surface area contributed by atoms with Crippen LogP contribution in [-0.2, 0) is 6.54 Å². The standard InChI is InChI=1S/C14H21Cl2N3/c1-10(2)8-19(6-5-14(17)18)9-11-7-12(15)3-4-13(11)16/h3-4,7,10H,5-6,8-9H2,1-2H3,(H3,17,18). The summed E-state index contributed by atoms with van der Waals surface area (Å²) < 4.78 is 0. The van der Waals surface area contributed by atoms with Crippen LogP contribution in [0.4, 0.5) is 0 Å². The molecule has 19 heavy (non-hydrogen) atoms. The number of halogens is 2. The van der Waals surface area contributed by atoms with E-state index in [0.29, 0.717) is 17.4 Å². The molecule has 1 aromatic carbocycles. The van der Waals surface area contributed by atoms with Crippen LogP contribution in [-0.4, -0.2) is 23.8 Å². The minimum Gasteiger partial charge on any atom is -0.388 e. The van der Waals surface area contributed by atoms with Crippen molar-refractivity contribution in [3.8, 4) is 0 Å². The highest BCUT2D eigenvalue weighted by molar-refractivity contribution is 6.33. The molecule has 0 aliphatic heterocycles. The van der Waals surface area contributed by atoms with Gasteiger partial charge in [0.05, 0.1) is 5.84 Å². The van der Waals surface area contributed by atoms with Crippen molar-refractivity contribution in [2.45, 2.75) is 26.8 Å². The number of nitrogens with two attached hydrogens (primary N) is 1. The number of benzene rings is 1. The van der Waals surface area contributed by atoms with Gasteiger partial charge in [0.25, 0.3) is 0 Å². The van der Waals surface area contributed by atoms with Gasteiger partial charge in [-0.15, -0.1) is 0 Å². The molecule has 0 amide bonds. The number of amidine groups is 1. The van der Waals surface area contributed by atoms with Crippen molar-refractivity contribution >= 4 is 29.0 Å². The average Bonchev–Trinajstić information content (AvgIpc) is 2.30. The lowest BCUT2D eigenvalue weighted by Gasteiger charge is -2.24. The molecule has 0 aromatic heterocycles. The molecule has 0 radical (unpaired) electrons. The molecule has 0 heterocycles. The van der Waals surface area contributed by atoms with Gasteiger partial charge in [-0.25, -0.2) is 0 Å². The van der Waals surface area contributed by atoms with Crippen molar-refractivity contribution in [2.24, 2.45) is 11.7 Å². The van der Waals surface area contributed by atoms with Gasteiger partial charge in [0, 0.05) is 36.1 Å². The van der Waals surface area contributed by atoms with Gasteiger partial charge < -0.3 is 5.73 Å². The molecule has 0 aliphatic rings. The van der Waals surface area contributed by atoms with Crippen LogP contribution < -0.4 is 5.73 Å². The van der Waals surface area contributed by atoms with E-state index in [1.165, 1.54) is 0 Å². The van der Waals surface area contributed by atoms with Crippen molar-refractivity contribution in [2.75, 3.05) is 13.1 Å². The molecule has 0 unspecified atom stereocenters. The van der Waals surface area contributed by atoms with Crippen LogP contribution in [0, 0.1) is 11.3 Å². The third-order valence-corrected chi connectivity index (χ3v) is 3.33. The summed E-state index contributed by atoms with van der Waals surface area (Å²) in [7, 11) is 0. The predicted molar refractivity (Wildman–Crippen MR) is 83.1 cm³/mol. The molecular formula is C14H21Cl2N3. The van der Waals surface area contributed by atoms with Crippen molar-refractivity contribution < 1.29 is 0 Å². The lowest BCUT2D eigenvalue weighted by Crippen LogP contribution is -2.31. The zero-order valence-electron chi connectivity index (χ0n) is 11.4. The van der Waals surface area contributed by atoms with E-state index in [1.807, 2.05) is 12.1 Å². The number of hydrogen-bond donors (Lipinski definition) is 2. The Labute approximate surface area is 125 Å². The zero-order valence-corrected chi connectivity index (χ0v) is 12.9. The summed E-state index contributed by atoms with van der Waals surface area (Å²) in [5, 5.41) is 8.74. The molecule has 0 atom stereocenters. The van der Waals surface area contributed by atoms with Gasteiger partial charge in [-0.3, -0.25) is 10.3 Å². The molecule has 3 nitrogen and oxygen atoms in total. The molecular weight excluding hydrogens is 281 g/mol. The average molecular weight is 302 g/mol. The SMILES string of the molecule is CC(C)CN(CCC(=N)N)Cc1cc(Cl)ccc1Cl. The Balaban J connectivity index is 2.74. The second-order valence-electron chi connectivity index (χ2n) is 5.14. The van der Waals surface area contributed by atoms with Crippen molar-refractivity contribution in [1.82, 2.24) is 4.90 Å². The van der Waals surface area contributed by atoms with Crippen LogP contribution in [0.15, 0.2) is 18.2 Å². The molecule has 1 rings (SSSR count). The van der Waals surface area contributed by atoms with Gasteiger partial charge in [-0.05, 0) is 29.7 Å². The molecule has 5 heteroatoms. The lowest BCUT2D eigenvalue weighted by atomic mass is 10.1.